The minimum atomic E-state index is -2.69. The fraction of sp³-hybridized carbons (Fsp3) is 0.571. The fourth-order valence-electron chi connectivity index (χ4n) is 0.942. The maximum Gasteiger partial charge on any atom is 0.282 e. The van der Waals surface area contributed by atoms with E-state index in [9.17, 15) is 13.6 Å². The first-order valence-electron chi connectivity index (χ1n) is 3.58. The highest BCUT2D eigenvalue weighted by Crippen LogP contribution is 2.26. The highest BCUT2D eigenvalue weighted by atomic mass is 19.3. The molecule has 1 aliphatic heterocycles. The number of carbonyl (C=O) groups excluding carboxylic acids is 1. The minimum absolute atomic E-state index is 0.246. The second-order valence-corrected chi connectivity index (χ2v) is 2.69. The van der Waals surface area contributed by atoms with Crippen LogP contribution in [-0.2, 0) is 4.79 Å². The summed E-state index contributed by atoms with van der Waals surface area (Å²) in [6.45, 7) is -0.943. The summed E-state index contributed by atoms with van der Waals surface area (Å²) >= 11 is 0. The molecule has 0 atom stereocenters. The lowest BCUT2D eigenvalue weighted by Crippen LogP contribution is -2.58. The molecule has 0 aromatic carbocycles. The standard InChI is InChI=1S/C7H8BF2NO/c8-3-1-2-6(12)11-4-7(9,10)5-11/h1-2H,3-5H2/b2-1+. The van der Waals surface area contributed by atoms with Crippen LogP contribution in [0.4, 0.5) is 8.78 Å². The van der Waals surface area contributed by atoms with Crippen molar-refractivity contribution in [3.8, 4) is 0 Å². The second kappa shape index (κ2) is 3.25. The molecule has 12 heavy (non-hydrogen) atoms. The number of likely N-dealkylation sites (tertiary alicyclic amines) is 1. The van der Waals surface area contributed by atoms with E-state index in [0.29, 0.717) is 0 Å². The van der Waals surface area contributed by atoms with Gasteiger partial charge in [-0.3, -0.25) is 4.79 Å². The number of carbonyl (C=O) groups is 1. The first-order chi connectivity index (χ1) is 5.55. The third-order valence-corrected chi connectivity index (χ3v) is 1.55. The molecule has 64 valence electrons. The zero-order valence-corrected chi connectivity index (χ0v) is 6.46. The van der Waals surface area contributed by atoms with Gasteiger partial charge in [-0.25, -0.2) is 8.78 Å². The van der Waals surface area contributed by atoms with Crippen LogP contribution in [0.1, 0.15) is 0 Å². The first-order valence-corrected chi connectivity index (χ1v) is 3.58. The number of rotatable bonds is 2. The van der Waals surface area contributed by atoms with Crippen molar-refractivity contribution in [2.24, 2.45) is 0 Å². The number of alkyl halides is 2. The predicted octanol–water partition coefficient (Wildman–Crippen LogP) is 0.607. The summed E-state index contributed by atoms with van der Waals surface area (Å²) in [5, 5.41) is 0. The van der Waals surface area contributed by atoms with Crippen LogP contribution in [0.3, 0.4) is 0 Å². The van der Waals surface area contributed by atoms with Gasteiger partial charge in [0.15, 0.2) is 0 Å². The van der Waals surface area contributed by atoms with Crippen LogP contribution in [0, 0.1) is 0 Å². The molecule has 2 nitrogen and oxygen atoms in total. The number of hydrogen-bond donors (Lipinski definition) is 0. The smallest absolute Gasteiger partial charge is 0.282 e. The van der Waals surface area contributed by atoms with E-state index >= 15 is 0 Å². The molecule has 1 saturated heterocycles. The fourth-order valence-corrected chi connectivity index (χ4v) is 0.942. The summed E-state index contributed by atoms with van der Waals surface area (Å²) in [5.41, 5.74) is 0. The van der Waals surface area contributed by atoms with Gasteiger partial charge in [-0.2, -0.15) is 0 Å². The Morgan fingerprint density at radius 2 is 2.17 bits per heavy atom. The van der Waals surface area contributed by atoms with Crippen LogP contribution < -0.4 is 0 Å². The van der Waals surface area contributed by atoms with Crippen LogP contribution in [0.25, 0.3) is 0 Å². The Morgan fingerprint density at radius 1 is 1.58 bits per heavy atom. The van der Waals surface area contributed by atoms with Crippen LogP contribution in [0.2, 0.25) is 6.32 Å². The molecule has 0 aromatic rings. The zero-order chi connectivity index (χ0) is 9.19. The van der Waals surface area contributed by atoms with Crippen molar-refractivity contribution in [1.82, 2.24) is 4.90 Å². The summed E-state index contributed by atoms with van der Waals surface area (Å²) < 4.78 is 24.5. The van der Waals surface area contributed by atoms with Gasteiger partial charge in [0.25, 0.3) is 5.92 Å². The molecule has 0 saturated carbocycles. The number of hydrogen-bond acceptors (Lipinski definition) is 1. The molecule has 5 heteroatoms. The van der Waals surface area contributed by atoms with E-state index in [1.54, 1.807) is 0 Å². The highest BCUT2D eigenvalue weighted by Gasteiger charge is 2.45. The maximum absolute atomic E-state index is 12.2. The van der Waals surface area contributed by atoms with E-state index in [4.69, 9.17) is 7.85 Å². The molecule has 1 heterocycles. The minimum Gasteiger partial charge on any atom is -0.327 e. The van der Waals surface area contributed by atoms with Crippen LogP contribution >= 0.6 is 0 Å². The molecule has 1 rings (SSSR count). The van der Waals surface area contributed by atoms with Crippen molar-refractivity contribution in [2.75, 3.05) is 13.1 Å². The normalized spacial score (nSPS) is 21.0. The predicted molar refractivity (Wildman–Crippen MR) is 41.2 cm³/mol. The Labute approximate surface area is 70.6 Å². The highest BCUT2D eigenvalue weighted by molar-refractivity contribution is 6.10. The molecule has 2 radical (unpaired) electrons. The molecular formula is C7H8BF2NO. The Bertz CT molecular complexity index is 209. The summed E-state index contributed by atoms with van der Waals surface area (Å²) in [4.78, 5) is 12.0. The first kappa shape index (κ1) is 9.22. The maximum atomic E-state index is 12.2. The summed E-state index contributed by atoms with van der Waals surface area (Å²) in [6, 6.07) is 0. The van der Waals surface area contributed by atoms with Gasteiger partial charge in [-0.1, -0.05) is 12.4 Å². The molecule has 0 N–H and O–H groups in total. The Kier molecular flexibility index (Phi) is 2.50. The largest absolute Gasteiger partial charge is 0.327 e. The summed E-state index contributed by atoms with van der Waals surface area (Å²) in [6.07, 6.45) is 2.91. The number of allylic oxidation sites excluding steroid dienone is 1. The van der Waals surface area contributed by atoms with Gasteiger partial charge >= 0.3 is 0 Å². The van der Waals surface area contributed by atoms with Crippen molar-refractivity contribution < 1.29 is 13.6 Å². The van der Waals surface area contributed by atoms with E-state index in [-0.39, 0.29) is 6.32 Å². The van der Waals surface area contributed by atoms with Gasteiger partial charge in [0.2, 0.25) is 5.91 Å². The number of nitrogens with zero attached hydrogens (tertiary/aromatic N) is 1. The molecular weight excluding hydrogens is 163 g/mol. The van der Waals surface area contributed by atoms with Gasteiger partial charge in [0.1, 0.15) is 0 Å². The molecule has 1 aliphatic rings. The summed E-state index contributed by atoms with van der Waals surface area (Å²) in [5.74, 6) is -3.09. The van der Waals surface area contributed by atoms with Crippen molar-refractivity contribution >= 4 is 13.8 Å². The third kappa shape index (κ3) is 2.06. The molecule has 1 amide bonds. The van der Waals surface area contributed by atoms with E-state index in [1.807, 2.05) is 0 Å². The van der Waals surface area contributed by atoms with Gasteiger partial charge in [-0.05, 0) is 6.08 Å². The van der Waals surface area contributed by atoms with Gasteiger partial charge in [0, 0.05) is 0 Å². The lowest BCUT2D eigenvalue weighted by atomic mass is 10.0. The average Bonchev–Trinajstić information content (AvgIpc) is 1.95. The summed E-state index contributed by atoms with van der Waals surface area (Å²) in [7, 11) is 5.08. The van der Waals surface area contributed by atoms with Gasteiger partial charge in [0.05, 0.1) is 20.9 Å². The van der Waals surface area contributed by atoms with Crippen molar-refractivity contribution in [2.45, 2.75) is 12.2 Å². The van der Waals surface area contributed by atoms with E-state index in [1.165, 1.54) is 12.2 Å². The molecule has 1 fully saturated rings. The van der Waals surface area contributed by atoms with E-state index in [0.717, 1.165) is 4.90 Å². The molecule has 0 bridgehead atoms. The lowest BCUT2D eigenvalue weighted by molar-refractivity contribution is -0.160. The van der Waals surface area contributed by atoms with Crippen LogP contribution in [0.15, 0.2) is 12.2 Å². The molecule has 0 aliphatic carbocycles. The quantitative estimate of drug-likeness (QED) is 0.440. The zero-order valence-electron chi connectivity index (χ0n) is 6.46. The lowest BCUT2D eigenvalue weighted by Gasteiger charge is -2.37. The topological polar surface area (TPSA) is 20.3 Å². The van der Waals surface area contributed by atoms with E-state index in [2.05, 4.69) is 0 Å². The Morgan fingerprint density at radius 3 is 2.58 bits per heavy atom. The monoisotopic (exact) mass is 171 g/mol. The van der Waals surface area contributed by atoms with Crippen molar-refractivity contribution in [3.63, 3.8) is 0 Å². The van der Waals surface area contributed by atoms with Gasteiger partial charge < -0.3 is 4.90 Å². The van der Waals surface area contributed by atoms with E-state index < -0.39 is 24.9 Å². The number of halogens is 2. The van der Waals surface area contributed by atoms with Crippen LogP contribution in [0.5, 0.6) is 0 Å². The van der Waals surface area contributed by atoms with Crippen molar-refractivity contribution in [3.05, 3.63) is 12.2 Å². The Balaban J connectivity index is 2.33. The molecule has 0 unspecified atom stereocenters. The molecule has 0 spiro atoms. The van der Waals surface area contributed by atoms with Crippen molar-refractivity contribution in [1.29, 1.82) is 0 Å². The SMILES string of the molecule is [B]C/C=C/C(=O)N1CC(F)(F)C1. The Hall–Kier alpha value is -0.865. The molecule has 0 aromatic heterocycles. The number of amides is 1. The second-order valence-electron chi connectivity index (χ2n) is 2.69. The van der Waals surface area contributed by atoms with Gasteiger partial charge in [-0.15, -0.1) is 0 Å². The van der Waals surface area contributed by atoms with Crippen LogP contribution in [-0.4, -0.2) is 37.7 Å². The average molecular weight is 171 g/mol. The third-order valence-electron chi connectivity index (χ3n) is 1.55.